The fourth-order valence-electron chi connectivity index (χ4n) is 3.35. The van der Waals surface area contributed by atoms with Crippen LogP contribution in [0.4, 0.5) is 10.5 Å². The highest BCUT2D eigenvalue weighted by atomic mass is 16.5. The molecule has 0 unspecified atom stereocenters. The zero-order valence-electron chi connectivity index (χ0n) is 17.7. The fourth-order valence-corrected chi connectivity index (χ4v) is 3.35. The summed E-state index contributed by atoms with van der Waals surface area (Å²) in [6.45, 7) is 5.64. The molecule has 0 heterocycles. The van der Waals surface area contributed by atoms with E-state index in [1.165, 1.54) is 7.11 Å². The van der Waals surface area contributed by atoms with Crippen LogP contribution >= 0.6 is 0 Å². The van der Waals surface area contributed by atoms with Crippen LogP contribution in [0.2, 0.25) is 0 Å². The van der Waals surface area contributed by atoms with Crippen molar-refractivity contribution in [2.24, 2.45) is 0 Å². The number of methoxy groups -OCH3 is 1. The Bertz CT molecular complexity index is 890. The highest BCUT2D eigenvalue weighted by molar-refractivity contribution is 5.95. The number of phenols is 1. The maximum absolute atomic E-state index is 12.9. The molecule has 0 atom stereocenters. The van der Waals surface area contributed by atoms with E-state index in [9.17, 15) is 14.7 Å². The van der Waals surface area contributed by atoms with E-state index < -0.39 is 0 Å². The van der Waals surface area contributed by atoms with Crippen molar-refractivity contribution in [2.45, 2.75) is 39.3 Å². The van der Waals surface area contributed by atoms with Gasteiger partial charge in [0.2, 0.25) is 0 Å². The molecule has 2 aromatic carbocycles. The number of urea groups is 1. The van der Waals surface area contributed by atoms with Gasteiger partial charge in [0.25, 0.3) is 5.91 Å². The predicted molar refractivity (Wildman–Crippen MR) is 116 cm³/mol. The number of rotatable bonds is 8. The van der Waals surface area contributed by atoms with Crippen LogP contribution in [0.1, 0.15) is 42.6 Å². The van der Waals surface area contributed by atoms with Crippen LogP contribution in [0.25, 0.3) is 0 Å². The van der Waals surface area contributed by atoms with E-state index >= 15 is 0 Å². The van der Waals surface area contributed by atoms with Gasteiger partial charge in [-0.1, -0.05) is 6.07 Å². The third kappa shape index (κ3) is 5.03. The van der Waals surface area contributed by atoms with Crippen LogP contribution in [0.5, 0.6) is 11.5 Å². The molecular formula is C23H29N3O4. The zero-order valence-corrected chi connectivity index (χ0v) is 17.7. The molecule has 1 aliphatic rings. The molecule has 160 valence electrons. The molecule has 1 fully saturated rings. The topological polar surface area (TPSA) is 82.1 Å². The molecule has 0 radical (unpaired) electrons. The van der Waals surface area contributed by atoms with Crippen LogP contribution in [0, 0.1) is 0 Å². The van der Waals surface area contributed by atoms with Crippen LogP contribution in [-0.4, -0.2) is 53.1 Å². The number of carbonyl (C=O) groups excluding carboxylic acids is 2. The van der Waals surface area contributed by atoms with Crippen molar-refractivity contribution in [3.63, 3.8) is 0 Å². The summed E-state index contributed by atoms with van der Waals surface area (Å²) in [4.78, 5) is 28.9. The first-order valence-corrected chi connectivity index (χ1v) is 10.3. The molecule has 3 rings (SSSR count). The molecule has 0 aliphatic heterocycles. The van der Waals surface area contributed by atoms with Crippen molar-refractivity contribution in [3.05, 3.63) is 53.6 Å². The van der Waals surface area contributed by atoms with Gasteiger partial charge in [-0.3, -0.25) is 4.79 Å². The predicted octanol–water partition coefficient (Wildman–Crippen LogP) is 4.08. The maximum atomic E-state index is 12.9. The number of ether oxygens (including phenoxy) is 1. The molecule has 3 amide bonds. The molecule has 30 heavy (non-hydrogen) atoms. The Labute approximate surface area is 177 Å². The van der Waals surface area contributed by atoms with Crippen LogP contribution in [-0.2, 0) is 6.54 Å². The lowest BCUT2D eigenvalue weighted by Gasteiger charge is -2.23. The summed E-state index contributed by atoms with van der Waals surface area (Å²) >= 11 is 0. The summed E-state index contributed by atoms with van der Waals surface area (Å²) in [6, 6.07) is 12.1. The number of nitrogens with one attached hydrogen (secondary N) is 1. The lowest BCUT2D eigenvalue weighted by Crippen LogP contribution is -2.36. The van der Waals surface area contributed by atoms with Crippen molar-refractivity contribution in [1.82, 2.24) is 9.80 Å². The number of hydrogen-bond acceptors (Lipinski definition) is 4. The number of nitrogens with zero attached hydrogens (tertiary/aromatic N) is 2. The van der Waals surface area contributed by atoms with Gasteiger partial charge < -0.3 is 25.0 Å². The Kier molecular flexibility index (Phi) is 6.82. The summed E-state index contributed by atoms with van der Waals surface area (Å²) in [5.74, 6) is 0.443. The first-order valence-electron chi connectivity index (χ1n) is 10.3. The molecule has 0 aromatic heterocycles. The number of hydrogen-bond donors (Lipinski definition) is 2. The van der Waals surface area contributed by atoms with Crippen molar-refractivity contribution in [2.75, 3.05) is 25.5 Å². The van der Waals surface area contributed by atoms with Crippen molar-refractivity contribution in [3.8, 4) is 11.5 Å². The molecule has 2 N–H and O–H groups in total. The maximum Gasteiger partial charge on any atom is 0.322 e. The first kappa shape index (κ1) is 21.5. The van der Waals surface area contributed by atoms with E-state index in [-0.39, 0.29) is 23.7 Å². The van der Waals surface area contributed by atoms with E-state index in [1.807, 2.05) is 13.8 Å². The standard InChI is InChI=1S/C23H29N3O4/c1-4-25(5-2)22(28)17-7-9-18(10-8-17)24-23(29)26(19-11-12-19)15-16-6-13-20(27)21(14-16)30-3/h6-10,13-14,19,27H,4-5,11-12,15H2,1-3H3,(H,24,29). The summed E-state index contributed by atoms with van der Waals surface area (Å²) in [7, 11) is 1.50. The molecule has 7 heteroatoms. The quantitative estimate of drug-likeness (QED) is 0.686. The van der Waals surface area contributed by atoms with Gasteiger partial charge in [-0.05, 0) is 68.7 Å². The summed E-state index contributed by atoms with van der Waals surface area (Å²) in [6.07, 6.45) is 1.94. The number of amides is 3. The molecular weight excluding hydrogens is 382 g/mol. The SMILES string of the molecule is CCN(CC)C(=O)c1ccc(NC(=O)N(Cc2ccc(O)c(OC)c2)C2CC2)cc1. The Hall–Kier alpha value is -3.22. The van der Waals surface area contributed by atoms with Gasteiger partial charge in [0, 0.05) is 36.9 Å². The van der Waals surface area contributed by atoms with E-state index in [2.05, 4.69) is 5.32 Å². The van der Waals surface area contributed by atoms with E-state index in [0.29, 0.717) is 36.6 Å². The Morgan fingerprint density at radius 1 is 1.10 bits per heavy atom. The molecule has 0 saturated heterocycles. The smallest absolute Gasteiger partial charge is 0.322 e. The van der Waals surface area contributed by atoms with Crippen molar-refractivity contribution >= 4 is 17.6 Å². The fraction of sp³-hybridized carbons (Fsp3) is 0.391. The number of aromatic hydroxyl groups is 1. The molecule has 1 aliphatic carbocycles. The monoisotopic (exact) mass is 411 g/mol. The van der Waals surface area contributed by atoms with Gasteiger partial charge in [0.05, 0.1) is 7.11 Å². The second-order valence-electron chi connectivity index (χ2n) is 7.35. The summed E-state index contributed by atoms with van der Waals surface area (Å²) < 4.78 is 5.16. The Morgan fingerprint density at radius 2 is 1.77 bits per heavy atom. The molecule has 2 aromatic rings. The number of benzene rings is 2. The first-order chi connectivity index (χ1) is 14.5. The third-order valence-corrected chi connectivity index (χ3v) is 5.28. The minimum absolute atomic E-state index is 0.0150. The normalized spacial score (nSPS) is 12.9. The number of anilines is 1. The van der Waals surface area contributed by atoms with E-state index in [4.69, 9.17) is 4.74 Å². The molecule has 1 saturated carbocycles. The third-order valence-electron chi connectivity index (χ3n) is 5.28. The summed E-state index contributed by atoms with van der Waals surface area (Å²) in [5.41, 5.74) is 2.13. The second-order valence-corrected chi connectivity index (χ2v) is 7.35. The number of carbonyl (C=O) groups is 2. The average molecular weight is 412 g/mol. The van der Waals surface area contributed by atoms with E-state index in [1.54, 1.807) is 52.3 Å². The van der Waals surface area contributed by atoms with Gasteiger partial charge in [-0.2, -0.15) is 0 Å². The minimum Gasteiger partial charge on any atom is -0.504 e. The van der Waals surface area contributed by atoms with Crippen molar-refractivity contribution in [1.29, 1.82) is 0 Å². The van der Waals surface area contributed by atoms with Crippen LogP contribution < -0.4 is 10.1 Å². The van der Waals surface area contributed by atoms with Gasteiger partial charge in [-0.15, -0.1) is 0 Å². The molecule has 0 spiro atoms. The molecule has 7 nitrogen and oxygen atoms in total. The Morgan fingerprint density at radius 3 is 2.33 bits per heavy atom. The average Bonchev–Trinajstić information content (AvgIpc) is 3.59. The zero-order chi connectivity index (χ0) is 21.7. The highest BCUT2D eigenvalue weighted by Gasteiger charge is 2.32. The Balaban J connectivity index is 1.68. The van der Waals surface area contributed by atoms with Gasteiger partial charge in [0.15, 0.2) is 11.5 Å². The lowest BCUT2D eigenvalue weighted by atomic mass is 10.1. The van der Waals surface area contributed by atoms with Crippen molar-refractivity contribution < 1.29 is 19.4 Å². The summed E-state index contributed by atoms with van der Waals surface area (Å²) in [5, 5.41) is 12.7. The minimum atomic E-state index is -0.188. The molecule has 0 bridgehead atoms. The lowest BCUT2D eigenvalue weighted by molar-refractivity contribution is 0.0773. The van der Waals surface area contributed by atoms with Gasteiger partial charge >= 0.3 is 6.03 Å². The van der Waals surface area contributed by atoms with E-state index in [0.717, 1.165) is 18.4 Å². The number of phenolic OH excluding ortho intramolecular Hbond substituents is 1. The second kappa shape index (κ2) is 9.52. The largest absolute Gasteiger partial charge is 0.504 e. The van der Waals surface area contributed by atoms with Gasteiger partial charge in [-0.25, -0.2) is 4.79 Å². The highest BCUT2D eigenvalue weighted by Crippen LogP contribution is 2.31. The van der Waals surface area contributed by atoms with Gasteiger partial charge in [0.1, 0.15) is 0 Å². The van der Waals surface area contributed by atoms with Crippen LogP contribution in [0.3, 0.4) is 0 Å². The van der Waals surface area contributed by atoms with Crippen LogP contribution in [0.15, 0.2) is 42.5 Å².